The van der Waals surface area contributed by atoms with Crippen molar-refractivity contribution in [2.45, 2.75) is 32.4 Å². The summed E-state index contributed by atoms with van der Waals surface area (Å²) < 4.78 is 13.7. The first-order valence-corrected chi connectivity index (χ1v) is 5.70. The molecule has 0 heterocycles. The molecule has 0 radical (unpaired) electrons. The summed E-state index contributed by atoms with van der Waals surface area (Å²) in [7, 11) is 0. The van der Waals surface area contributed by atoms with Gasteiger partial charge in [-0.3, -0.25) is 0 Å². The Morgan fingerprint density at radius 1 is 1.53 bits per heavy atom. The van der Waals surface area contributed by atoms with Crippen LogP contribution < -0.4 is 5.32 Å². The third-order valence-electron chi connectivity index (χ3n) is 2.64. The second-order valence-electron chi connectivity index (χ2n) is 4.04. The van der Waals surface area contributed by atoms with E-state index in [1.165, 1.54) is 6.07 Å². The predicted molar refractivity (Wildman–Crippen MR) is 63.7 cm³/mol. The molecule has 1 rings (SSSR count). The van der Waals surface area contributed by atoms with Crippen LogP contribution in [0.25, 0.3) is 0 Å². The summed E-state index contributed by atoms with van der Waals surface area (Å²) in [6.07, 6.45) is 1.57. The van der Waals surface area contributed by atoms with Gasteiger partial charge in [0.2, 0.25) is 0 Å². The van der Waals surface area contributed by atoms with Crippen LogP contribution in [0.2, 0.25) is 0 Å². The molecule has 0 aromatic heterocycles. The van der Waals surface area contributed by atoms with Gasteiger partial charge in [-0.15, -0.1) is 0 Å². The van der Waals surface area contributed by atoms with Crippen molar-refractivity contribution in [3.63, 3.8) is 0 Å². The molecule has 0 saturated heterocycles. The predicted octanol–water partition coefficient (Wildman–Crippen LogP) is 1.95. The van der Waals surface area contributed by atoms with Crippen molar-refractivity contribution < 1.29 is 9.50 Å². The first kappa shape index (κ1) is 13.6. The molecule has 1 atom stereocenters. The highest BCUT2D eigenvalue weighted by Crippen LogP contribution is 2.12. The first-order valence-electron chi connectivity index (χ1n) is 5.70. The van der Waals surface area contributed by atoms with Crippen LogP contribution in [0.4, 0.5) is 4.39 Å². The number of aliphatic hydroxyl groups is 1. The Labute approximate surface area is 101 Å². The van der Waals surface area contributed by atoms with Gasteiger partial charge in [-0.2, -0.15) is 5.26 Å². The molecule has 17 heavy (non-hydrogen) atoms. The number of halogens is 1. The van der Waals surface area contributed by atoms with E-state index in [4.69, 9.17) is 10.4 Å². The van der Waals surface area contributed by atoms with Crippen LogP contribution in [0.1, 0.15) is 30.9 Å². The summed E-state index contributed by atoms with van der Waals surface area (Å²) in [4.78, 5) is 0. The Balaban J connectivity index is 2.55. The fourth-order valence-corrected chi connectivity index (χ4v) is 1.59. The number of hydrogen-bond donors (Lipinski definition) is 2. The number of hydrogen-bond acceptors (Lipinski definition) is 3. The minimum Gasteiger partial charge on any atom is -0.396 e. The van der Waals surface area contributed by atoms with Crippen LogP contribution in [-0.2, 0) is 6.54 Å². The number of aliphatic hydroxyl groups excluding tert-OH is 1. The number of benzene rings is 1. The molecule has 0 amide bonds. The van der Waals surface area contributed by atoms with Crippen molar-refractivity contribution in [2.24, 2.45) is 0 Å². The SMILES string of the molecule is CC(CCCO)NCc1cccc(C#N)c1F. The Hall–Kier alpha value is -1.44. The zero-order valence-electron chi connectivity index (χ0n) is 9.91. The molecule has 2 N–H and O–H groups in total. The van der Waals surface area contributed by atoms with Crippen LogP contribution in [-0.4, -0.2) is 17.8 Å². The maximum absolute atomic E-state index is 13.7. The van der Waals surface area contributed by atoms with Gasteiger partial charge < -0.3 is 10.4 Å². The van der Waals surface area contributed by atoms with Crippen LogP contribution in [0, 0.1) is 17.1 Å². The van der Waals surface area contributed by atoms with E-state index in [1.54, 1.807) is 12.1 Å². The van der Waals surface area contributed by atoms with Crippen LogP contribution >= 0.6 is 0 Å². The van der Waals surface area contributed by atoms with E-state index in [9.17, 15) is 4.39 Å². The fraction of sp³-hybridized carbons (Fsp3) is 0.462. The van der Waals surface area contributed by atoms with E-state index in [1.807, 2.05) is 13.0 Å². The zero-order chi connectivity index (χ0) is 12.7. The molecule has 0 aliphatic rings. The minimum atomic E-state index is -0.447. The molecule has 0 aliphatic carbocycles. The number of nitrogens with zero attached hydrogens (tertiary/aromatic N) is 1. The molecule has 3 nitrogen and oxygen atoms in total. The number of rotatable bonds is 6. The van der Waals surface area contributed by atoms with Crippen molar-refractivity contribution in [2.75, 3.05) is 6.61 Å². The van der Waals surface area contributed by atoms with Crippen molar-refractivity contribution in [3.05, 3.63) is 35.1 Å². The fourth-order valence-electron chi connectivity index (χ4n) is 1.59. The van der Waals surface area contributed by atoms with E-state index in [0.29, 0.717) is 12.1 Å². The molecule has 0 bridgehead atoms. The Kier molecular flexibility index (Phi) is 5.61. The molecule has 0 saturated carbocycles. The minimum absolute atomic E-state index is 0.0762. The molecule has 1 aromatic rings. The number of nitriles is 1. The largest absolute Gasteiger partial charge is 0.396 e. The van der Waals surface area contributed by atoms with Crippen molar-refractivity contribution in [1.82, 2.24) is 5.32 Å². The maximum Gasteiger partial charge on any atom is 0.145 e. The zero-order valence-corrected chi connectivity index (χ0v) is 9.91. The van der Waals surface area contributed by atoms with Crippen LogP contribution in [0.5, 0.6) is 0 Å². The molecule has 1 unspecified atom stereocenters. The van der Waals surface area contributed by atoms with Gasteiger partial charge in [0.15, 0.2) is 0 Å². The Morgan fingerprint density at radius 3 is 2.94 bits per heavy atom. The van der Waals surface area contributed by atoms with E-state index in [2.05, 4.69) is 5.32 Å². The average molecular weight is 236 g/mol. The lowest BCUT2D eigenvalue weighted by atomic mass is 10.1. The van der Waals surface area contributed by atoms with Crippen molar-refractivity contribution >= 4 is 0 Å². The molecule has 0 spiro atoms. The third-order valence-corrected chi connectivity index (χ3v) is 2.64. The quantitative estimate of drug-likeness (QED) is 0.793. The summed E-state index contributed by atoms with van der Waals surface area (Å²) in [5, 5.41) is 20.6. The maximum atomic E-state index is 13.7. The third kappa shape index (κ3) is 4.14. The van der Waals surface area contributed by atoms with Crippen LogP contribution in [0.15, 0.2) is 18.2 Å². The Bertz CT molecular complexity index is 401. The molecule has 0 aliphatic heterocycles. The summed E-state index contributed by atoms with van der Waals surface area (Å²) in [6, 6.07) is 6.85. The van der Waals surface area contributed by atoms with E-state index in [-0.39, 0.29) is 18.2 Å². The standard InChI is InChI=1S/C13H17FN2O/c1-10(4-3-7-17)16-9-12-6-2-5-11(8-15)13(12)14/h2,5-6,10,16-17H,3-4,7,9H2,1H3. The van der Waals surface area contributed by atoms with Gasteiger partial charge in [-0.25, -0.2) is 4.39 Å². The highest BCUT2D eigenvalue weighted by molar-refractivity contribution is 5.34. The molecular formula is C13H17FN2O. The van der Waals surface area contributed by atoms with Gasteiger partial charge in [0, 0.05) is 24.8 Å². The summed E-state index contributed by atoms with van der Waals surface area (Å²) in [5.74, 6) is -0.447. The smallest absolute Gasteiger partial charge is 0.145 e. The van der Waals surface area contributed by atoms with E-state index >= 15 is 0 Å². The lowest BCUT2D eigenvalue weighted by molar-refractivity contribution is 0.276. The van der Waals surface area contributed by atoms with Crippen LogP contribution in [0.3, 0.4) is 0 Å². The van der Waals surface area contributed by atoms with Gasteiger partial charge >= 0.3 is 0 Å². The van der Waals surface area contributed by atoms with Gasteiger partial charge in [-0.1, -0.05) is 12.1 Å². The highest BCUT2D eigenvalue weighted by atomic mass is 19.1. The molecule has 1 aromatic carbocycles. The second kappa shape index (κ2) is 7.00. The van der Waals surface area contributed by atoms with Crippen molar-refractivity contribution in [1.29, 1.82) is 5.26 Å². The van der Waals surface area contributed by atoms with Gasteiger partial charge in [0.25, 0.3) is 0 Å². The normalized spacial score (nSPS) is 12.1. The molecule has 4 heteroatoms. The molecular weight excluding hydrogens is 219 g/mol. The lowest BCUT2D eigenvalue weighted by Gasteiger charge is -2.13. The monoisotopic (exact) mass is 236 g/mol. The summed E-state index contributed by atoms with van der Waals surface area (Å²) >= 11 is 0. The number of nitrogens with one attached hydrogen (secondary N) is 1. The van der Waals surface area contributed by atoms with E-state index in [0.717, 1.165) is 12.8 Å². The van der Waals surface area contributed by atoms with E-state index < -0.39 is 5.82 Å². The average Bonchev–Trinajstić information content (AvgIpc) is 2.35. The van der Waals surface area contributed by atoms with Gasteiger partial charge in [0.05, 0.1) is 5.56 Å². The summed E-state index contributed by atoms with van der Waals surface area (Å²) in [6.45, 7) is 2.56. The highest BCUT2D eigenvalue weighted by Gasteiger charge is 2.08. The Morgan fingerprint density at radius 2 is 2.29 bits per heavy atom. The first-order chi connectivity index (χ1) is 8.19. The van der Waals surface area contributed by atoms with Gasteiger partial charge in [-0.05, 0) is 25.8 Å². The second-order valence-corrected chi connectivity index (χ2v) is 4.04. The summed E-state index contributed by atoms with van der Waals surface area (Å²) in [5.41, 5.74) is 0.576. The topological polar surface area (TPSA) is 56.0 Å². The molecule has 0 fully saturated rings. The lowest BCUT2D eigenvalue weighted by Crippen LogP contribution is -2.26. The van der Waals surface area contributed by atoms with Gasteiger partial charge in [0.1, 0.15) is 11.9 Å². The molecule has 92 valence electrons. The van der Waals surface area contributed by atoms with Crippen molar-refractivity contribution in [3.8, 4) is 6.07 Å².